The van der Waals surface area contributed by atoms with Crippen LogP contribution in [0, 0.1) is 0 Å². The number of halogens is 3. The number of hydrogen-bond donors (Lipinski definition) is 0. The van der Waals surface area contributed by atoms with Gasteiger partial charge in [-0.15, -0.1) is 0 Å². The summed E-state index contributed by atoms with van der Waals surface area (Å²) >= 11 is 17.9. The minimum absolute atomic E-state index is 0.184. The number of carbonyl (C=O) groups is 1. The maximum Gasteiger partial charge on any atom is 0.153 e. The van der Waals surface area contributed by atoms with Crippen molar-refractivity contribution in [2.45, 2.75) is 6.61 Å². The quantitative estimate of drug-likeness (QED) is 0.739. The van der Waals surface area contributed by atoms with E-state index in [0.29, 0.717) is 32.7 Å². The Hall–Kier alpha value is -1.22. The van der Waals surface area contributed by atoms with E-state index >= 15 is 0 Å². The summed E-state index contributed by atoms with van der Waals surface area (Å²) in [4.78, 5) is 10.9. The van der Waals surface area contributed by atoms with Gasteiger partial charge >= 0.3 is 0 Å². The molecule has 0 fully saturated rings. The molecule has 0 saturated carbocycles. The van der Waals surface area contributed by atoms with Gasteiger partial charge in [0.2, 0.25) is 0 Å². The normalized spacial score (nSPS) is 10.3. The van der Waals surface area contributed by atoms with Crippen molar-refractivity contribution in [3.8, 4) is 5.75 Å². The molecule has 0 amide bonds. The Morgan fingerprint density at radius 2 is 1.84 bits per heavy atom. The summed E-state index contributed by atoms with van der Waals surface area (Å²) in [5.41, 5.74) is 1.12. The van der Waals surface area contributed by atoms with Crippen LogP contribution in [0.15, 0.2) is 36.4 Å². The van der Waals surface area contributed by atoms with Gasteiger partial charge in [-0.2, -0.15) is 0 Å². The van der Waals surface area contributed by atoms with Crippen LogP contribution in [-0.2, 0) is 6.61 Å². The summed E-state index contributed by atoms with van der Waals surface area (Å²) in [5, 5.41) is 1.49. The highest BCUT2D eigenvalue weighted by Crippen LogP contribution is 2.29. The first-order valence-corrected chi connectivity index (χ1v) is 6.55. The van der Waals surface area contributed by atoms with Gasteiger partial charge in [0.1, 0.15) is 12.4 Å². The summed E-state index contributed by atoms with van der Waals surface area (Å²) < 4.78 is 5.57. The molecule has 2 rings (SSSR count). The Kier molecular flexibility index (Phi) is 4.70. The first kappa shape index (κ1) is 14.2. The number of hydrogen-bond acceptors (Lipinski definition) is 2. The topological polar surface area (TPSA) is 26.3 Å². The van der Waals surface area contributed by atoms with Crippen molar-refractivity contribution >= 4 is 41.1 Å². The predicted octanol–water partition coefficient (Wildman–Crippen LogP) is 5.04. The zero-order valence-electron chi connectivity index (χ0n) is 9.70. The Bertz CT molecular complexity index is 612. The van der Waals surface area contributed by atoms with Crippen molar-refractivity contribution in [3.05, 3.63) is 62.6 Å². The highest BCUT2D eigenvalue weighted by molar-refractivity contribution is 6.33. The lowest BCUT2D eigenvalue weighted by Gasteiger charge is -2.11. The zero-order chi connectivity index (χ0) is 13.8. The number of para-hydroxylation sites is 1. The Labute approximate surface area is 125 Å². The number of ether oxygens (including phenoxy) is 1. The van der Waals surface area contributed by atoms with Crippen LogP contribution in [0.5, 0.6) is 5.75 Å². The molecule has 0 atom stereocenters. The second kappa shape index (κ2) is 6.29. The Balaban J connectivity index is 2.23. The van der Waals surface area contributed by atoms with Crippen molar-refractivity contribution < 1.29 is 9.53 Å². The maximum atomic E-state index is 10.9. The van der Waals surface area contributed by atoms with Crippen LogP contribution in [-0.4, -0.2) is 6.29 Å². The minimum Gasteiger partial charge on any atom is -0.487 e. The third-order valence-electron chi connectivity index (χ3n) is 2.50. The summed E-state index contributed by atoms with van der Waals surface area (Å²) in [7, 11) is 0. The third kappa shape index (κ3) is 3.41. The molecule has 19 heavy (non-hydrogen) atoms. The molecule has 5 heteroatoms. The monoisotopic (exact) mass is 314 g/mol. The molecule has 0 heterocycles. The summed E-state index contributed by atoms with van der Waals surface area (Å²) in [6, 6.07) is 10.1. The molecule has 0 bridgehead atoms. The van der Waals surface area contributed by atoms with Gasteiger partial charge in [-0.1, -0.05) is 40.9 Å². The third-order valence-corrected chi connectivity index (χ3v) is 3.41. The number of carbonyl (C=O) groups excluding carboxylic acids is 1. The molecule has 0 aliphatic heterocycles. The van der Waals surface area contributed by atoms with E-state index in [-0.39, 0.29) is 6.61 Å². The standard InChI is InChI=1S/C14H9Cl3O2/c15-11-4-5-12(16)10(6-11)8-19-14-9(7-18)2-1-3-13(14)17/h1-7H,8H2. The fraction of sp³-hybridized carbons (Fsp3) is 0.0714. The van der Waals surface area contributed by atoms with Crippen LogP contribution in [0.4, 0.5) is 0 Å². The number of aldehydes is 1. The molecule has 0 saturated heterocycles. The van der Waals surface area contributed by atoms with Gasteiger partial charge in [0, 0.05) is 15.6 Å². The van der Waals surface area contributed by atoms with E-state index in [9.17, 15) is 4.79 Å². The molecular formula is C14H9Cl3O2. The summed E-state index contributed by atoms with van der Waals surface area (Å²) in [6.07, 6.45) is 0.695. The molecular weight excluding hydrogens is 307 g/mol. The zero-order valence-corrected chi connectivity index (χ0v) is 12.0. The average molecular weight is 316 g/mol. The summed E-state index contributed by atoms with van der Waals surface area (Å²) in [5.74, 6) is 0.343. The molecule has 0 radical (unpaired) electrons. The van der Waals surface area contributed by atoms with Crippen LogP contribution >= 0.6 is 34.8 Å². The van der Waals surface area contributed by atoms with Gasteiger partial charge < -0.3 is 4.74 Å². The SMILES string of the molecule is O=Cc1cccc(Cl)c1OCc1cc(Cl)ccc1Cl. The van der Waals surface area contributed by atoms with Gasteiger partial charge in [0.15, 0.2) is 6.29 Å². The van der Waals surface area contributed by atoms with Gasteiger partial charge in [-0.25, -0.2) is 0 Å². The van der Waals surface area contributed by atoms with E-state index in [4.69, 9.17) is 39.5 Å². The van der Waals surface area contributed by atoms with Crippen LogP contribution < -0.4 is 4.74 Å². The minimum atomic E-state index is 0.184. The molecule has 2 aromatic carbocycles. The molecule has 0 spiro atoms. The van der Waals surface area contributed by atoms with Gasteiger partial charge in [-0.05, 0) is 30.3 Å². The van der Waals surface area contributed by atoms with Gasteiger partial charge in [-0.3, -0.25) is 4.79 Å². The second-order valence-electron chi connectivity index (χ2n) is 3.80. The molecule has 0 aromatic heterocycles. The molecule has 2 nitrogen and oxygen atoms in total. The van der Waals surface area contributed by atoms with Crippen molar-refractivity contribution in [1.82, 2.24) is 0 Å². The summed E-state index contributed by atoms with van der Waals surface area (Å²) in [6.45, 7) is 0.184. The highest BCUT2D eigenvalue weighted by Gasteiger charge is 2.09. The van der Waals surface area contributed by atoms with E-state index < -0.39 is 0 Å². The average Bonchev–Trinajstić information content (AvgIpc) is 2.40. The van der Waals surface area contributed by atoms with E-state index in [0.717, 1.165) is 5.56 Å². The lowest BCUT2D eigenvalue weighted by Crippen LogP contribution is -1.99. The lowest BCUT2D eigenvalue weighted by atomic mass is 10.2. The van der Waals surface area contributed by atoms with Crippen LogP contribution in [0.1, 0.15) is 15.9 Å². The number of benzene rings is 2. The lowest BCUT2D eigenvalue weighted by molar-refractivity contribution is 0.111. The van der Waals surface area contributed by atoms with E-state index in [2.05, 4.69) is 0 Å². The molecule has 0 unspecified atom stereocenters. The van der Waals surface area contributed by atoms with E-state index in [1.165, 1.54) is 0 Å². The van der Waals surface area contributed by atoms with Crippen molar-refractivity contribution in [3.63, 3.8) is 0 Å². The fourth-order valence-corrected chi connectivity index (χ4v) is 2.18. The highest BCUT2D eigenvalue weighted by atomic mass is 35.5. The van der Waals surface area contributed by atoms with Crippen LogP contribution in [0.2, 0.25) is 15.1 Å². The number of rotatable bonds is 4. The van der Waals surface area contributed by atoms with E-state index in [1.807, 2.05) is 0 Å². The second-order valence-corrected chi connectivity index (χ2v) is 5.05. The van der Waals surface area contributed by atoms with E-state index in [1.54, 1.807) is 36.4 Å². The fourth-order valence-electron chi connectivity index (χ4n) is 1.57. The first-order valence-electron chi connectivity index (χ1n) is 5.42. The molecule has 2 aromatic rings. The van der Waals surface area contributed by atoms with Crippen LogP contribution in [0.25, 0.3) is 0 Å². The van der Waals surface area contributed by atoms with Crippen molar-refractivity contribution in [2.75, 3.05) is 0 Å². The molecule has 0 aliphatic carbocycles. The van der Waals surface area contributed by atoms with Crippen molar-refractivity contribution in [2.24, 2.45) is 0 Å². The maximum absolute atomic E-state index is 10.9. The Morgan fingerprint density at radius 3 is 2.58 bits per heavy atom. The predicted molar refractivity (Wildman–Crippen MR) is 77.6 cm³/mol. The van der Waals surface area contributed by atoms with Gasteiger partial charge in [0.05, 0.1) is 10.6 Å². The van der Waals surface area contributed by atoms with Gasteiger partial charge in [0.25, 0.3) is 0 Å². The van der Waals surface area contributed by atoms with Crippen molar-refractivity contribution in [1.29, 1.82) is 0 Å². The molecule has 0 N–H and O–H groups in total. The largest absolute Gasteiger partial charge is 0.487 e. The smallest absolute Gasteiger partial charge is 0.153 e. The first-order chi connectivity index (χ1) is 9.11. The van der Waals surface area contributed by atoms with Crippen LogP contribution in [0.3, 0.4) is 0 Å². The molecule has 0 aliphatic rings. The Morgan fingerprint density at radius 1 is 1.05 bits per heavy atom. The molecule has 98 valence electrons.